The number of carboxylic acid groups (broad SMARTS) is 1. The zero-order chi connectivity index (χ0) is 12.4. The third-order valence-electron chi connectivity index (χ3n) is 2.10. The zero-order valence-electron chi connectivity index (χ0n) is 8.35. The summed E-state index contributed by atoms with van der Waals surface area (Å²) < 4.78 is 18.1. The van der Waals surface area contributed by atoms with Crippen LogP contribution in [0.4, 0.5) is 4.39 Å². The third-order valence-corrected chi connectivity index (χ3v) is 2.10. The van der Waals surface area contributed by atoms with E-state index >= 15 is 0 Å². The normalized spacial score (nSPS) is 9.88. The van der Waals surface area contributed by atoms with Crippen molar-refractivity contribution in [3.05, 3.63) is 41.4 Å². The highest BCUT2D eigenvalue weighted by Crippen LogP contribution is 2.23. The Hall–Kier alpha value is -2.68. The number of hydrogen-bond donors (Lipinski definition) is 1. The van der Waals surface area contributed by atoms with E-state index in [1.54, 1.807) is 6.07 Å². The quantitative estimate of drug-likeness (QED) is 0.856. The number of carbonyl (C=O) groups is 1. The topological polar surface area (TPSA) is 87.1 Å². The number of benzene rings is 1. The van der Waals surface area contributed by atoms with Gasteiger partial charge in [-0.1, -0.05) is 5.16 Å². The first-order chi connectivity index (χ1) is 8.11. The molecule has 0 radical (unpaired) electrons. The van der Waals surface area contributed by atoms with Crippen molar-refractivity contribution in [1.29, 1.82) is 5.26 Å². The van der Waals surface area contributed by atoms with Crippen LogP contribution in [0, 0.1) is 17.1 Å². The van der Waals surface area contributed by atoms with Crippen molar-refractivity contribution in [3.8, 4) is 17.3 Å². The molecule has 84 valence electrons. The van der Waals surface area contributed by atoms with Gasteiger partial charge in [0.1, 0.15) is 11.5 Å². The van der Waals surface area contributed by atoms with Crippen LogP contribution in [-0.2, 0) is 0 Å². The Balaban J connectivity index is 2.46. The van der Waals surface area contributed by atoms with Gasteiger partial charge in [0.15, 0.2) is 0 Å². The van der Waals surface area contributed by atoms with E-state index < -0.39 is 11.8 Å². The summed E-state index contributed by atoms with van der Waals surface area (Å²) in [5.74, 6) is -2.31. The van der Waals surface area contributed by atoms with E-state index in [1.807, 2.05) is 0 Å². The second kappa shape index (κ2) is 4.06. The third kappa shape index (κ3) is 1.99. The van der Waals surface area contributed by atoms with Gasteiger partial charge in [-0.3, -0.25) is 0 Å². The summed E-state index contributed by atoms with van der Waals surface area (Å²) in [6.07, 6.45) is 0. The average molecular weight is 232 g/mol. The van der Waals surface area contributed by atoms with Crippen LogP contribution in [0.15, 0.2) is 28.8 Å². The molecule has 0 unspecified atom stereocenters. The number of halogens is 1. The Kier molecular flexibility index (Phi) is 2.58. The Morgan fingerprint density at radius 1 is 1.47 bits per heavy atom. The van der Waals surface area contributed by atoms with Crippen LogP contribution in [0.1, 0.15) is 16.1 Å². The van der Waals surface area contributed by atoms with Crippen molar-refractivity contribution in [2.24, 2.45) is 0 Å². The fourth-order valence-corrected chi connectivity index (χ4v) is 1.30. The number of aromatic carboxylic acids is 1. The predicted molar refractivity (Wildman–Crippen MR) is 53.6 cm³/mol. The summed E-state index contributed by atoms with van der Waals surface area (Å²) >= 11 is 0. The van der Waals surface area contributed by atoms with Crippen molar-refractivity contribution >= 4 is 5.97 Å². The SMILES string of the molecule is N#Cc1ccc(-c2cc(C(=O)O)on2)c(F)c1. The molecular weight excluding hydrogens is 227 g/mol. The maximum absolute atomic E-state index is 13.6. The van der Waals surface area contributed by atoms with E-state index in [0.717, 1.165) is 12.1 Å². The molecule has 1 aromatic heterocycles. The number of nitriles is 1. The molecule has 0 amide bonds. The molecule has 0 aliphatic heterocycles. The fraction of sp³-hybridized carbons (Fsp3) is 0. The lowest BCUT2D eigenvalue weighted by Gasteiger charge is -1.97. The highest BCUT2D eigenvalue weighted by Gasteiger charge is 2.15. The van der Waals surface area contributed by atoms with Crippen molar-refractivity contribution in [1.82, 2.24) is 5.16 Å². The summed E-state index contributed by atoms with van der Waals surface area (Å²) in [7, 11) is 0. The molecule has 0 aliphatic rings. The van der Waals surface area contributed by atoms with E-state index in [4.69, 9.17) is 10.4 Å². The van der Waals surface area contributed by atoms with E-state index in [0.29, 0.717) is 0 Å². The number of nitrogens with zero attached hydrogens (tertiary/aromatic N) is 2. The van der Waals surface area contributed by atoms with E-state index in [1.165, 1.54) is 12.1 Å². The summed E-state index contributed by atoms with van der Waals surface area (Å²) in [5.41, 5.74) is 0.331. The maximum atomic E-state index is 13.6. The lowest BCUT2D eigenvalue weighted by Crippen LogP contribution is -1.91. The van der Waals surface area contributed by atoms with E-state index in [9.17, 15) is 9.18 Å². The van der Waals surface area contributed by atoms with E-state index in [-0.39, 0.29) is 22.6 Å². The Bertz CT molecular complexity index is 628. The molecule has 0 aliphatic carbocycles. The molecule has 0 atom stereocenters. The van der Waals surface area contributed by atoms with Crippen LogP contribution in [-0.4, -0.2) is 16.2 Å². The van der Waals surface area contributed by atoms with Crippen LogP contribution in [0.25, 0.3) is 11.3 Å². The van der Waals surface area contributed by atoms with Crippen LogP contribution in [0.2, 0.25) is 0 Å². The van der Waals surface area contributed by atoms with Gasteiger partial charge in [0.05, 0.1) is 11.6 Å². The summed E-state index contributed by atoms with van der Waals surface area (Å²) in [6, 6.07) is 6.71. The van der Waals surface area contributed by atoms with Crippen molar-refractivity contribution < 1.29 is 18.8 Å². The molecule has 0 bridgehead atoms. The van der Waals surface area contributed by atoms with E-state index in [2.05, 4.69) is 9.68 Å². The zero-order valence-corrected chi connectivity index (χ0v) is 8.35. The number of aromatic nitrogens is 1. The minimum absolute atomic E-state index is 0.0735. The Morgan fingerprint density at radius 3 is 2.76 bits per heavy atom. The molecule has 0 saturated heterocycles. The van der Waals surface area contributed by atoms with Crippen molar-refractivity contribution in [2.75, 3.05) is 0 Å². The summed E-state index contributed by atoms with van der Waals surface area (Å²) in [4.78, 5) is 10.6. The summed E-state index contributed by atoms with van der Waals surface area (Å²) in [6.45, 7) is 0. The second-order valence-electron chi connectivity index (χ2n) is 3.19. The minimum atomic E-state index is -1.28. The van der Waals surface area contributed by atoms with Crippen LogP contribution in [0.5, 0.6) is 0 Å². The molecule has 2 aromatic rings. The standard InChI is InChI=1S/C11H5FN2O3/c12-8-3-6(5-13)1-2-7(8)9-4-10(11(15)16)17-14-9/h1-4H,(H,15,16). The smallest absolute Gasteiger partial charge is 0.374 e. The number of rotatable bonds is 2. The van der Waals surface area contributed by atoms with Crippen molar-refractivity contribution in [3.63, 3.8) is 0 Å². The van der Waals surface area contributed by atoms with Crippen molar-refractivity contribution in [2.45, 2.75) is 0 Å². The molecule has 1 N–H and O–H groups in total. The molecule has 5 nitrogen and oxygen atoms in total. The molecule has 1 aromatic carbocycles. The van der Waals surface area contributed by atoms with Crippen LogP contribution in [0.3, 0.4) is 0 Å². The average Bonchev–Trinajstić information content (AvgIpc) is 2.78. The highest BCUT2D eigenvalue weighted by atomic mass is 19.1. The second-order valence-corrected chi connectivity index (χ2v) is 3.19. The Morgan fingerprint density at radius 2 is 2.24 bits per heavy atom. The van der Waals surface area contributed by atoms with Gasteiger partial charge in [-0.25, -0.2) is 9.18 Å². The van der Waals surface area contributed by atoms with Gasteiger partial charge in [-0.05, 0) is 18.2 Å². The maximum Gasteiger partial charge on any atom is 0.374 e. The van der Waals surface area contributed by atoms with Crippen LogP contribution < -0.4 is 0 Å². The first-order valence-corrected chi connectivity index (χ1v) is 4.52. The largest absolute Gasteiger partial charge is 0.475 e. The first-order valence-electron chi connectivity index (χ1n) is 4.52. The van der Waals surface area contributed by atoms with Gasteiger partial charge in [-0.2, -0.15) is 5.26 Å². The lowest BCUT2D eigenvalue weighted by atomic mass is 10.1. The predicted octanol–water partition coefficient (Wildman–Crippen LogP) is 2.05. The molecule has 0 spiro atoms. The Labute approximate surface area is 94.7 Å². The van der Waals surface area contributed by atoms with Gasteiger partial charge < -0.3 is 9.63 Å². The highest BCUT2D eigenvalue weighted by molar-refractivity contribution is 5.85. The molecule has 0 fully saturated rings. The number of carboxylic acids is 1. The molecule has 6 heteroatoms. The molecule has 0 saturated carbocycles. The molecular formula is C11H5FN2O3. The monoisotopic (exact) mass is 232 g/mol. The number of hydrogen-bond acceptors (Lipinski definition) is 4. The molecule has 1 heterocycles. The van der Waals surface area contributed by atoms with Gasteiger partial charge in [0, 0.05) is 11.6 Å². The van der Waals surface area contributed by atoms with Gasteiger partial charge in [-0.15, -0.1) is 0 Å². The minimum Gasteiger partial charge on any atom is -0.475 e. The van der Waals surface area contributed by atoms with Crippen LogP contribution >= 0.6 is 0 Å². The fourth-order valence-electron chi connectivity index (χ4n) is 1.30. The van der Waals surface area contributed by atoms with Gasteiger partial charge >= 0.3 is 5.97 Å². The molecule has 2 rings (SSSR count). The lowest BCUT2D eigenvalue weighted by molar-refractivity contribution is 0.0652. The van der Waals surface area contributed by atoms with Gasteiger partial charge in [0.25, 0.3) is 0 Å². The molecule has 17 heavy (non-hydrogen) atoms. The first kappa shape index (κ1) is 10.8. The summed E-state index contributed by atoms with van der Waals surface area (Å²) in [5, 5.41) is 20.6. The van der Waals surface area contributed by atoms with Gasteiger partial charge in [0.2, 0.25) is 5.76 Å².